The Kier molecular flexibility index (Phi) is 8.52. The molecule has 0 fully saturated rings. The Balaban J connectivity index is 1.62. The van der Waals surface area contributed by atoms with Crippen LogP contribution in [0.25, 0.3) is 11.3 Å². The van der Waals surface area contributed by atoms with Crippen LogP contribution in [-0.2, 0) is 18.3 Å². The van der Waals surface area contributed by atoms with Gasteiger partial charge in [-0.15, -0.1) is 0 Å². The summed E-state index contributed by atoms with van der Waals surface area (Å²) in [6, 6.07) is 14.2. The Hall–Kier alpha value is -2.84. The minimum absolute atomic E-state index is 0.0197. The third-order valence-electron chi connectivity index (χ3n) is 4.80. The van der Waals surface area contributed by atoms with Gasteiger partial charge in [0.05, 0.1) is 0 Å². The lowest BCUT2D eigenvalue weighted by Gasteiger charge is -2.15. The summed E-state index contributed by atoms with van der Waals surface area (Å²) in [5.41, 5.74) is 1.99. The molecule has 1 unspecified atom stereocenters. The standard InChI is InChI=1S/C23H22Cl2F2N2O4/c1-3-14-5-4-6-18(11-14)32-13-16(21(25)30)12-31-17-9-7-15(8-10-17)20-19(24)22(29(2)28-20)33-23(26)27/h4-11,16,23H,3,12-13H2,1-2H3. The van der Waals surface area contributed by atoms with Gasteiger partial charge in [-0.05, 0) is 60.0 Å². The number of aromatic nitrogens is 2. The highest BCUT2D eigenvalue weighted by Crippen LogP contribution is 2.36. The number of nitrogens with zero attached hydrogens (tertiary/aromatic N) is 2. The maximum atomic E-state index is 12.6. The van der Waals surface area contributed by atoms with Crippen LogP contribution in [0.4, 0.5) is 8.78 Å². The number of hydrogen-bond donors (Lipinski definition) is 0. The normalized spacial score (nSPS) is 12.0. The van der Waals surface area contributed by atoms with E-state index >= 15 is 0 Å². The van der Waals surface area contributed by atoms with Crippen molar-refractivity contribution in [1.29, 1.82) is 0 Å². The molecule has 0 aliphatic carbocycles. The summed E-state index contributed by atoms with van der Waals surface area (Å²) in [5.74, 6) is 0.237. The van der Waals surface area contributed by atoms with Crippen molar-refractivity contribution < 1.29 is 27.8 Å². The van der Waals surface area contributed by atoms with Crippen LogP contribution in [0.15, 0.2) is 48.5 Å². The number of ether oxygens (including phenoxy) is 3. The first-order valence-corrected chi connectivity index (χ1v) is 10.9. The van der Waals surface area contributed by atoms with Crippen molar-refractivity contribution >= 4 is 28.4 Å². The zero-order valence-corrected chi connectivity index (χ0v) is 19.4. The molecular weight excluding hydrogens is 477 g/mol. The number of aryl methyl sites for hydroxylation is 2. The van der Waals surface area contributed by atoms with Crippen LogP contribution in [0.3, 0.4) is 0 Å². The zero-order valence-electron chi connectivity index (χ0n) is 17.9. The Bertz CT molecular complexity index is 1090. The number of carbonyl (C=O) groups is 1. The van der Waals surface area contributed by atoms with E-state index in [1.165, 1.54) is 7.05 Å². The highest BCUT2D eigenvalue weighted by Gasteiger charge is 2.21. The number of hydrogen-bond acceptors (Lipinski definition) is 5. The molecule has 176 valence electrons. The molecule has 0 amide bonds. The van der Waals surface area contributed by atoms with Gasteiger partial charge < -0.3 is 14.2 Å². The second kappa shape index (κ2) is 11.3. The first-order valence-electron chi connectivity index (χ1n) is 10.1. The van der Waals surface area contributed by atoms with E-state index in [2.05, 4.69) is 9.84 Å². The van der Waals surface area contributed by atoms with Crippen LogP contribution < -0.4 is 14.2 Å². The van der Waals surface area contributed by atoms with E-state index in [1.54, 1.807) is 24.3 Å². The molecule has 1 atom stereocenters. The number of carbonyl (C=O) groups excluding carboxylic acids is 1. The molecule has 1 heterocycles. The molecule has 0 aliphatic rings. The molecule has 0 saturated heterocycles. The smallest absolute Gasteiger partial charge is 0.388 e. The lowest BCUT2D eigenvalue weighted by atomic mass is 10.1. The Morgan fingerprint density at radius 3 is 2.36 bits per heavy atom. The summed E-state index contributed by atoms with van der Waals surface area (Å²) in [5, 5.41) is 3.54. The van der Waals surface area contributed by atoms with E-state index in [0.717, 1.165) is 16.7 Å². The highest BCUT2D eigenvalue weighted by atomic mass is 35.5. The average molecular weight is 499 g/mol. The molecule has 2 aromatic carbocycles. The van der Waals surface area contributed by atoms with Crippen LogP contribution >= 0.6 is 23.2 Å². The zero-order chi connectivity index (χ0) is 24.0. The van der Waals surface area contributed by atoms with Crippen LogP contribution in [0.1, 0.15) is 12.5 Å². The third-order valence-corrected chi connectivity index (χ3v) is 5.45. The lowest BCUT2D eigenvalue weighted by Crippen LogP contribution is -2.25. The van der Waals surface area contributed by atoms with Gasteiger partial charge in [0.25, 0.3) is 0 Å². The van der Waals surface area contributed by atoms with Gasteiger partial charge in [0.2, 0.25) is 11.1 Å². The Morgan fingerprint density at radius 2 is 1.76 bits per heavy atom. The molecule has 3 rings (SSSR count). The average Bonchev–Trinajstić information content (AvgIpc) is 3.07. The molecule has 0 N–H and O–H groups in total. The van der Waals surface area contributed by atoms with Crippen LogP contribution in [0, 0.1) is 5.92 Å². The van der Waals surface area contributed by atoms with Gasteiger partial charge in [-0.2, -0.15) is 13.9 Å². The van der Waals surface area contributed by atoms with E-state index < -0.39 is 17.8 Å². The molecule has 0 spiro atoms. The summed E-state index contributed by atoms with van der Waals surface area (Å²) in [4.78, 5) is 11.8. The summed E-state index contributed by atoms with van der Waals surface area (Å²) in [7, 11) is 1.45. The van der Waals surface area contributed by atoms with E-state index in [1.807, 2.05) is 31.2 Å². The molecule has 33 heavy (non-hydrogen) atoms. The predicted molar refractivity (Wildman–Crippen MR) is 121 cm³/mol. The molecule has 3 aromatic rings. The van der Waals surface area contributed by atoms with Crippen LogP contribution in [0.5, 0.6) is 17.4 Å². The fraction of sp³-hybridized carbons (Fsp3) is 0.304. The molecule has 10 heteroatoms. The topological polar surface area (TPSA) is 62.6 Å². The molecule has 0 bridgehead atoms. The summed E-state index contributed by atoms with van der Waals surface area (Å²) >= 11 is 11.9. The fourth-order valence-electron chi connectivity index (χ4n) is 3.02. The van der Waals surface area contributed by atoms with E-state index in [4.69, 9.17) is 32.7 Å². The van der Waals surface area contributed by atoms with Crippen molar-refractivity contribution in [2.24, 2.45) is 13.0 Å². The highest BCUT2D eigenvalue weighted by molar-refractivity contribution is 6.64. The van der Waals surface area contributed by atoms with Gasteiger partial charge in [-0.25, -0.2) is 4.68 Å². The van der Waals surface area contributed by atoms with Crippen molar-refractivity contribution in [3.8, 4) is 28.6 Å². The van der Waals surface area contributed by atoms with Crippen molar-refractivity contribution in [1.82, 2.24) is 9.78 Å². The molecule has 6 nitrogen and oxygen atoms in total. The largest absolute Gasteiger partial charge is 0.493 e. The number of rotatable bonds is 11. The van der Waals surface area contributed by atoms with E-state index in [-0.39, 0.29) is 29.8 Å². The van der Waals surface area contributed by atoms with E-state index in [9.17, 15) is 13.6 Å². The molecule has 0 radical (unpaired) electrons. The van der Waals surface area contributed by atoms with Gasteiger partial charge in [0.15, 0.2) is 0 Å². The molecule has 0 aliphatic heterocycles. The quantitative estimate of drug-likeness (QED) is 0.315. The minimum Gasteiger partial charge on any atom is -0.493 e. The summed E-state index contributed by atoms with van der Waals surface area (Å²) in [6.45, 7) is -0.879. The number of benzene rings is 2. The molecular formula is C23H22Cl2F2N2O4. The first-order chi connectivity index (χ1) is 15.8. The van der Waals surface area contributed by atoms with Crippen molar-refractivity contribution in [3.63, 3.8) is 0 Å². The van der Waals surface area contributed by atoms with Crippen LogP contribution in [-0.4, -0.2) is 34.8 Å². The van der Waals surface area contributed by atoms with Crippen molar-refractivity contribution in [2.45, 2.75) is 20.0 Å². The van der Waals surface area contributed by atoms with Crippen molar-refractivity contribution in [3.05, 3.63) is 59.1 Å². The predicted octanol–water partition coefficient (Wildman–Crippen LogP) is 5.74. The third kappa shape index (κ3) is 6.58. The first kappa shape index (κ1) is 24.8. The second-order valence-corrected chi connectivity index (χ2v) is 7.87. The van der Waals surface area contributed by atoms with Gasteiger partial charge >= 0.3 is 6.61 Å². The maximum Gasteiger partial charge on any atom is 0.388 e. The summed E-state index contributed by atoms with van der Waals surface area (Å²) in [6.07, 6.45) is 0.873. The number of alkyl halides is 2. The van der Waals surface area contributed by atoms with Crippen molar-refractivity contribution in [2.75, 3.05) is 13.2 Å². The number of halogens is 4. The minimum atomic E-state index is -3.02. The maximum absolute atomic E-state index is 12.6. The Morgan fingerprint density at radius 1 is 1.09 bits per heavy atom. The van der Waals surface area contributed by atoms with E-state index in [0.29, 0.717) is 17.1 Å². The van der Waals surface area contributed by atoms with Gasteiger partial charge in [-0.3, -0.25) is 4.79 Å². The fourth-order valence-corrected chi connectivity index (χ4v) is 3.46. The lowest BCUT2D eigenvalue weighted by molar-refractivity contribution is -0.116. The van der Waals surface area contributed by atoms with Gasteiger partial charge in [0, 0.05) is 12.6 Å². The molecule has 1 aromatic heterocycles. The van der Waals surface area contributed by atoms with Crippen LogP contribution in [0.2, 0.25) is 5.02 Å². The SMILES string of the molecule is CCc1cccc(OCC(COc2ccc(-c3nn(C)c(OC(F)F)c3Cl)cc2)C(=O)Cl)c1. The Labute approximate surface area is 200 Å². The van der Waals surface area contributed by atoms with Gasteiger partial charge in [0.1, 0.15) is 41.3 Å². The second-order valence-electron chi connectivity index (χ2n) is 7.12. The van der Waals surface area contributed by atoms with Gasteiger partial charge in [-0.1, -0.05) is 30.7 Å². The molecule has 0 saturated carbocycles. The monoisotopic (exact) mass is 498 g/mol. The summed E-state index contributed by atoms with van der Waals surface area (Å²) < 4.78 is 42.1.